The minimum Gasteiger partial charge on any atom is -0.494 e. The van der Waals surface area contributed by atoms with E-state index in [-0.39, 0.29) is 5.75 Å². The summed E-state index contributed by atoms with van der Waals surface area (Å²) in [7, 11) is 1.40. The van der Waals surface area contributed by atoms with Crippen LogP contribution in [0.25, 0.3) is 0 Å². The summed E-state index contributed by atoms with van der Waals surface area (Å²) in [5.74, 6) is -0.344. The smallest absolute Gasteiger partial charge is 0.165 e. The summed E-state index contributed by atoms with van der Waals surface area (Å²) < 4.78 is 33.1. The molecule has 1 N–H and O–H groups in total. The lowest BCUT2D eigenvalue weighted by Crippen LogP contribution is -2.22. The monoisotopic (exact) mass is 241 g/mol. The lowest BCUT2D eigenvalue weighted by Gasteiger charge is -2.24. The predicted molar refractivity (Wildman–Crippen MR) is 62.5 cm³/mol. The lowest BCUT2D eigenvalue weighted by atomic mass is 9.88. The Balaban J connectivity index is 2.28. The van der Waals surface area contributed by atoms with Crippen molar-refractivity contribution in [3.05, 3.63) is 29.6 Å². The van der Waals surface area contributed by atoms with Crippen LogP contribution in [0, 0.1) is 5.82 Å². The molecule has 2 rings (SSSR count). The molecule has 0 spiro atoms. The van der Waals surface area contributed by atoms with E-state index in [0.29, 0.717) is 24.9 Å². The van der Waals surface area contributed by atoms with Crippen LogP contribution >= 0.6 is 0 Å². The molecule has 1 heterocycles. The van der Waals surface area contributed by atoms with Gasteiger partial charge in [0.05, 0.1) is 7.11 Å². The third-order valence-corrected chi connectivity index (χ3v) is 3.29. The van der Waals surface area contributed by atoms with E-state index in [9.17, 15) is 8.78 Å². The first kappa shape index (κ1) is 12.3. The molecule has 0 saturated carbocycles. The van der Waals surface area contributed by atoms with Gasteiger partial charge in [-0.3, -0.25) is 0 Å². The highest BCUT2D eigenvalue weighted by Gasteiger charge is 2.33. The zero-order valence-corrected chi connectivity index (χ0v) is 9.93. The molecule has 0 aromatic heterocycles. The van der Waals surface area contributed by atoms with E-state index in [1.165, 1.54) is 19.2 Å². The topological polar surface area (TPSA) is 21.3 Å². The molecule has 1 atom stereocenters. The Morgan fingerprint density at radius 2 is 2.12 bits per heavy atom. The van der Waals surface area contributed by atoms with Crippen molar-refractivity contribution in [3.63, 3.8) is 0 Å². The predicted octanol–water partition coefficient (Wildman–Crippen LogP) is 2.77. The number of hydrogen-bond acceptors (Lipinski definition) is 2. The molecule has 2 nitrogen and oxygen atoms in total. The van der Waals surface area contributed by atoms with Crippen LogP contribution in [0.2, 0.25) is 0 Å². The molecule has 1 unspecified atom stereocenters. The molecule has 94 valence electrons. The quantitative estimate of drug-likeness (QED) is 0.859. The van der Waals surface area contributed by atoms with Crippen molar-refractivity contribution in [2.24, 2.45) is 0 Å². The number of benzene rings is 1. The van der Waals surface area contributed by atoms with Gasteiger partial charge in [-0.1, -0.05) is 6.07 Å². The molecule has 17 heavy (non-hydrogen) atoms. The maximum Gasteiger partial charge on any atom is 0.165 e. The molecule has 1 aromatic carbocycles. The van der Waals surface area contributed by atoms with Gasteiger partial charge in [-0.15, -0.1) is 0 Å². The number of rotatable bonds is 2. The molecule has 1 aliphatic heterocycles. The number of methoxy groups -OCH3 is 1. The van der Waals surface area contributed by atoms with Gasteiger partial charge in [0.1, 0.15) is 5.67 Å². The number of halogens is 2. The van der Waals surface area contributed by atoms with Gasteiger partial charge in [-0.05, 0) is 50.0 Å². The maximum absolute atomic E-state index is 14.7. The van der Waals surface area contributed by atoms with Crippen LogP contribution in [-0.2, 0) is 5.67 Å². The highest BCUT2D eigenvalue weighted by atomic mass is 19.1. The highest BCUT2D eigenvalue weighted by Crippen LogP contribution is 2.37. The molecule has 1 aromatic rings. The molecular formula is C13H17F2NO. The van der Waals surface area contributed by atoms with Crippen LogP contribution in [0.1, 0.15) is 24.8 Å². The second-order valence-corrected chi connectivity index (χ2v) is 4.42. The first-order valence-electron chi connectivity index (χ1n) is 5.89. The molecular weight excluding hydrogens is 224 g/mol. The summed E-state index contributed by atoms with van der Waals surface area (Å²) >= 11 is 0. The van der Waals surface area contributed by atoms with Crippen molar-refractivity contribution in [1.82, 2.24) is 5.32 Å². The van der Waals surface area contributed by atoms with Gasteiger partial charge in [0.25, 0.3) is 0 Å². The fraction of sp³-hybridized carbons (Fsp3) is 0.538. The molecule has 4 heteroatoms. The minimum atomic E-state index is -1.42. The van der Waals surface area contributed by atoms with E-state index in [1.807, 2.05) is 0 Å². The van der Waals surface area contributed by atoms with E-state index in [2.05, 4.69) is 5.32 Å². The van der Waals surface area contributed by atoms with E-state index in [4.69, 9.17) is 4.74 Å². The Labute approximate surface area is 100.0 Å². The first-order chi connectivity index (χ1) is 8.15. The van der Waals surface area contributed by atoms with Crippen LogP contribution in [0.15, 0.2) is 18.2 Å². The molecule has 1 saturated heterocycles. The van der Waals surface area contributed by atoms with E-state index >= 15 is 0 Å². The third-order valence-electron chi connectivity index (χ3n) is 3.29. The van der Waals surface area contributed by atoms with Gasteiger partial charge in [0.2, 0.25) is 0 Å². The van der Waals surface area contributed by atoms with Crippen LogP contribution in [0.3, 0.4) is 0 Å². The summed E-state index contributed by atoms with van der Waals surface area (Å²) in [5.41, 5.74) is -1.00. The Hall–Kier alpha value is -1.16. The summed E-state index contributed by atoms with van der Waals surface area (Å²) in [6, 6.07) is 4.36. The van der Waals surface area contributed by atoms with Crippen molar-refractivity contribution in [2.75, 3.05) is 20.2 Å². The first-order valence-corrected chi connectivity index (χ1v) is 5.89. The van der Waals surface area contributed by atoms with E-state index in [0.717, 1.165) is 13.0 Å². The fourth-order valence-corrected chi connectivity index (χ4v) is 2.26. The Bertz CT molecular complexity index is 387. The largest absolute Gasteiger partial charge is 0.494 e. The molecule has 0 aliphatic carbocycles. The third kappa shape index (κ3) is 2.57. The van der Waals surface area contributed by atoms with Gasteiger partial charge < -0.3 is 10.1 Å². The number of hydrogen-bond donors (Lipinski definition) is 1. The van der Waals surface area contributed by atoms with Gasteiger partial charge in [0.15, 0.2) is 11.6 Å². The average molecular weight is 241 g/mol. The number of nitrogens with one attached hydrogen (secondary N) is 1. The van der Waals surface area contributed by atoms with Gasteiger partial charge in [0, 0.05) is 0 Å². The lowest BCUT2D eigenvalue weighted by molar-refractivity contribution is 0.144. The second kappa shape index (κ2) is 5.00. The van der Waals surface area contributed by atoms with Crippen molar-refractivity contribution in [2.45, 2.75) is 24.9 Å². The van der Waals surface area contributed by atoms with Crippen LogP contribution in [0.4, 0.5) is 8.78 Å². The standard InChI is InChI=1S/C13H17F2NO/c1-17-12-4-3-10(9-11(12)14)13(15)5-2-7-16-8-6-13/h3-4,9,16H,2,5-8H2,1H3. The van der Waals surface area contributed by atoms with Gasteiger partial charge in [-0.25, -0.2) is 8.78 Å². The average Bonchev–Trinajstić information content (AvgIpc) is 2.55. The second-order valence-electron chi connectivity index (χ2n) is 4.42. The summed E-state index contributed by atoms with van der Waals surface area (Å²) in [6.45, 7) is 1.45. The molecule has 0 radical (unpaired) electrons. The maximum atomic E-state index is 14.7. The Morgan fingerprint density at radius 3 is 2.82 bits per heavy atom. The zero-order valence-electron chi connectivity index (χ0n) is 9.93. The summed E-state index contributed by atoms with van der Waals surface area (Å²) in [5, 5.41) is 3.15. The van der Waals surface area contributed by atoms with Crippen LogP contribution in [0.5, 0.6) is 5.75 Å². The van der Waals surface area contributed by atoms with Crippen LogP contribution < -0.4 is 10.1 Å². The molecule has 1 fully saturated rings. The Morgan fingerprint density at radius 1 is 1.29 bits per heavy atom. The summed E-state index contributed by atoms with van der Waals surface area (Å²) in [4.78, 5) is 0. The fourth-order valence-electron chi connectivity index (χ4n) is 2.26. The highest BCUT2D eigenvalue weighted by molar-refractivity contribution is 5.32. The van der Waals surface area contributed by atoms with Crippen molar-refractivity contribution < 1.29 is 13.5 Å². The number of ether oxygens (including phenoxy) is 1. The summed E-state index contributed by atoms with van der Waals surface area (Å²) in [6.07, 6.45) is 1.59. The van der Waals surface area contributed by atoms with Crippen molar-refractivity contribution in [1.29, 1.82) is 0 Å². The number of alkyl halides is 1. The molecule has 0 bridgehead atoms. The van der Waals surface area contributed by atoms with Crippen LogP contribution in [-0.4, -0.2) is 20.2 Å². The van der Waals surface area contributed by atoms with Gasteiger partial charge in [-0.2, -0.15) is 0 Å². The molecule has 1 aliphatic rings. The molecule has 0 amide bonds. The Kier molecular flexibility index (Phi) is 3.62. The minimum absolute atomic E-state index is 0.157. The van der Waals surface area contributed by atoms with E-state index in [1.54, 1.807) is 6.07 Å². The zero-order chi connectivity index (χ0) is 12.3. The van der Waals surface area contributed by atoms with E-state index < -0.39 is 11.5 Å². The van der Waals surface area contributed by atoms with Gasteiger partial charge >= 0.3 is 0 Å². The SMILES string of the molecule is COc1ccc(C2(F)CCCNCC2)cc1F. The normalized spacial score (nSPS) is 25.4. The van der Waals surface area contributed by atoms with Crippen molar-refractivity contribution >= 4 is 0 Å². The van der Waals surface area contributed by atoms with Crippen molar-refractivity contribution in [3.8, 4) is 5.75 Å².